The number of carboxylic acid groups (broad SMARTS) is 1. The Balaban J connectivity index is 1.68. The summed E-state index contributed by atoms with van der Waals surface area (Å²) in [5, 5.41) is 35.0. The number of carboxylic acids is 1. The third kappa shape index (κ3) is 5.04. The Hall–Kier alpha value is -2.00. The van der Waals surface area contributed by atoms with E-state index in [1.54, 1.807) is 12.1 Å². The number of hydrogen-bond acceptors (Lipinski definition) is 5. The molecule has 27 heavy (non-hydrogen) atoms. The van der Waals surface area contributed by atoms with E-state index < -0.39 is 5.97 Å². The largest absolute Gasteiger partial charge is 0.504 e. The van der Waals surface area contributed by atoms with Crippen molar-refractivity contribution in [2.75, 3.05) is 18.4 Å². The third-order valence-corrected chi connectivity index (χ3v) is 5.65. The van der Waals surface area contributed by atoms with Gasteiger partial charge >= 0.3 is 5.97 Å². The first-order valence-electron chi connectivity index (χ1n) is 8.96. The minimum absolute atomic E-state index is 0.0673. The summed E-state index contributed by atoms with van der Waals surface area (Å²) in [6.45, 7) is 1.46. The highest BCUT2D eigenvalue weighted by atomic mass is 127. The van der Waals surface area contributed by atoms with E-state index in [9.17, 15) is 15.0 Å². The Bertz CT molecular complexity index is 841. The van der Waals surface area contributed by atoms with Crippen LogP contribution in [0.1, 0.15) is 35.6 Å². The van der Waals surface area contributed by atoms with E-state index in [1.807, 2.05) is 6.07 Å². The number of phenolic OH excluding ortho intramolecular Hbond substituents is 2. The fourth-order valence-corrected chi connectivity index (χ4v) is 4.15. The van der Waals surface area contributed by atoms with Gasteiger partial charge in [-0.25, -0.2) is 0 Å². The molecule has 144 valence electrons. The zero-order chi connectivity index (χ0) is 19.4. The van der Waals surface area contributed by atoms with Crippen LogP contribution >= 0.6 is 22.6 Å². The highest BCUT2D eigenvalue weighted by Crippen LogP contribution is 2.35. The van der Waals surface area contributed by atoms with Crippen LogP contribution in [0.25, 0.3) is 0 Å². The first-order valence-corrected chi connectivity index (χ1v) is 10.0. The normalized spacial score (nSPS) is 16.0. The van der Waals surface area contributed by atoms with Gasteiger partial charge in [-0.05, 0) is 89.4 Å². The van der Waals surface area contributed by atoms with Gasteiger partial charge in [-0.3, -0.25) is 4.79 Å². The van der Waals surface area contributed by atoms with Crippen LogP contribution in [0.5, 0.6) is 11.5 Å². The summed E-state index contributed by atoms with van der Waals surface area (Å²) >= 11 is 2.28. The number of halogens is 1. The average Bonchev–Trinajstić information content (AvgIpc) is 2.62. The van der Waals surface area contributed by atoms with E-state index in [2.05, 4.69) is 45.4 Å². The standard InChI is InChI=1S/C20H23IN2O4/c21-15-8-12(3-4-16(15)22-6-1-2-20(26)27)9-17-14-11-19(25)18(24)10-13(14)5-7-23-17/h3-4,8,10-11,17,22-25H,1-2,5-7,9H2,(H,26,27)/t17-/m1/s1. The summed E-state index contributed by atoms with van der Waals surface area (Å²) in [6.07, 6.45) is 2.37. The molecule has 6 nitrogen and oxygen atoms in total. The summed E-state index contributed by atoms with van der Waals surface area (Å²) < 4.78 is 1.09. The topological polar surface area (TPSA) is 102 Å². The Morgan fingerprint density at radius 2 is 2.00 bits per heavy atom. The second kappa shape index (κ2) is 8.79. The molecule has 5 N–H and O–H groups in total. The van der Waals surface area contributed by atoms with Gasteiger partial charge in [0.2, 0.25) is 0 Å². The number of nitrogens with one attached hydrogen (secondary N) is 2. The lowest BCUT2D eigenvalue weighted by molar-refractivity contribution is -0.137. The van der Waals surface area contributed by atoms with Crippen molar-refractivity contribution in [3.8, 4) is 11.5 Å². The molecular formula is C20H23IN2O4. The average molecular weight is 482 g/mol. The maximum Gasteiger partial charge on any atom is 0.303 e. The van der Waals surface area contributed by atoms with Crippen molar-refractivity contribution in [2.45, 2.75) is 31.7 Å². The first kappa shape index (κ1) is 19.8. The lowest BCUT2D eigenvalue weighted by Crippen LogP contribution is -2.31. The van der Waals surface area contributed by atoms with E-state index in [-0.39, 0.29) is 24.0 Å². The number of benzene rings is 2. The SMILES string of the molecule is O=C(O)CCCNc1ccc(C[C@H]2NCCc3cc(O)c(O)cc32)cc1I. The molecule has 0 fully saturated rings. The van der Waals surface area contributed by atoms with Crippen molar-refractivity contribution in [1.82, 2.24) is 5.32 Å². The molecule has 0 aromatic heterocycles. The number of aromatic hydroxyl groups is 2. The highest BCUT2D eigenvalue weighted by molar-refractivity contribution is 14.1. The van der Waals surface area contributed by atoms with Gasteiger partial charge in [0.05, 0.1) is 0 Å². The van der Waals surface area contributed by atoms with Crippen LogP contribution in [0.4, 0.5) is 5.69 Å². The predicted molar refractivity (Wildman–Crippen MR) is 112 cm³/mol. The minimum Gasteiger partial charge on any atom is -0.504 e. The van der Waals surface area contributed by atoms with Gasteiger partial charge in [0.1, 0.15) is 0 Å². The van der Waals surface area contributed by atoms with E-state index in [1.165, 1.54) is 5.56 Å². The molecule has 0 saturated heterocycles. The molecule has 0 saturated carbocycles. The van der Waals surface area contributed by atoms with Crippen molar-refractivity contribution < 1.29 is 20.1 Å². The smallest absolute Gasteiger partial charge is 0.303 e. The molecule has 0 spiro atoms. The molecule has 3 rings (SSSR count). The molecule has 0 aliphatic carbocycles. The molecule has 1 aliphatic rings. The van der Waals surface area contributed by atoms with Crippen LogP contribution in [0.15, 0.2) is 30.3 Å². The second-order valence-corrected chi connectivity index (χ2v) is 7.90. The van der Waals surface area contributed by atoms with Crippen LogP contribution in [0.3, 0.4) is 0 Å². The van der Waals surface area contributed by atoms with Gasteiger partial charge in [0.15, 0.2) is 11.5 Å². The van der Waals surface area contributed by atoms with Crippen LogP contribution in [0, 0.1) is 3.57 Å². The lowest BCUT2D eigenvalue weighted by atomic mass is 9.90. The summed E-state index contributed by atoms with van der Waals surface area (Å²) in [7, 11) is 0. The minimum atomic E-state index is -0.776. The Labute approximate surface area is 171 Å². The highest BCUT2D eigenvalue weighted by Gasteiger charge is 2.22. The van der Waals surface area contributed by atoms with Crippen LogP contribution < -0.4 is 10.6 Å². The van der Waals surface area contributed by atoms with E-state index in [0.29, 0.717) is 13.0 Å². The number of phenols is 2. The molecule has 7 heteroatoms. The Morgan fingerprint density at radius 1 is 1.22 bits per heavy atom. The molecular weight excluding hydrogens is 459 g/mol. The number of fused-ring (bicyclic) bond motifs is 1. The summed E-state index contributed by atoms with van der Waals surface area (Å²) in [5.74, 6) is -0.929. The zero-order valence-corrected chi connectivity index (χ0v) is 17.0. The van der Waals surface area contributed by atoms with E-state index in [4.69, 9.17) is 5.11 Å². The molecule has 0 unspecified atom stereocenters. The number of rotatable bonds is 7. The van der Waals surface area contributed by atoms with Crippen molar-refractivity contribution in [1.29, 1.82) is 0 Å². The predicted octanol–water partition coefficient (Wildman–Crippen LogP) is 3.41. The van der Waals surface area contributed by atoms with Gasteiger partial charge in [-0.2, -0.15) is 0 Å². The van der Waals surface area contributed by atoms with Crippen molar-refractivity contribution in [3.63, 3.8) is 0 Å². The molecule has 0 radical (unpaired) electrons. The van der Waals surface area contributed by atoms with Crippen molar-refractivity contribution >= 4 is 34.2 Å². The van der Waals surface area contributed by atoms with Gasteiger partial charge in [0, 0.05) is 28.3 Å². The Morgan fingerprint density at radius 3 is 2.74 bits per heavy atom. The quantitative estimate of drug-likeness (QED) is 0.236. The summed E-state index contributed by atoms with van der Waals surface area (Å²) in [5.41, 5.74) is 4.28. The first-order chi connectivity index (χ1) is 12.9. The van der Waals surface area contributed by atoms with Gasteiger partial charge < -0.3 is 26.0 Å². The van der Waals surface area contributed by atoms with Crippen molar-refractivity contribution in [2.24, 2.45) is 0 Å². The molecule has 1 aliphatic heterocycles. The Kier molecular flexibility index (Phi) is 6.43. The van der Waals surface area contributed by atoms with Gasteiger partial charge in [-0.15, -0.1) is 0 Å². The molecule has 2 aromatic rings. The summed E-state index contributed by atoms with van der Waals surface area (Å²) in [6, 6.07) is 9.62. The van der Waals surface area contributed by atoms with E-state index in [0.717, 1.165) is 39.8 Å². The number of anilines is 1. The zero-order valence-electron chi connectivity index (χ0n) is 14.8. The van der Waals surface area contributed by atoms with Crippen LogP contribution in [0.2, 0.25) is 0 Å². The lowest BCUT2D eigenvalue weighted by Gasteiger charge is -2.27. The monoisotopic (exact) mass is 482 g/mol. The maximum atomic E-state index is 10.6. The second-order valence-electron chi connectivity index (χ2n) is 6.74. The van der Waals surface area contributed by atoms with Crippen LogP contribution in [-0.2, 0) is 17.6 Å². The maximum absolute atomic E-state index is 10.6. The molecule has 0 bridgehead atoms. The fourth-order valence-electron chi connectivity index (χ4n) is 3.38. The summed E-state index contributed by atoms with van der Waals surface area (Å²) in [4.78, 5) is 10.6. The number of hydrogen-bond donors (Lipinski definition) is 5. The van der Waals surface area contributed by atoms with E-state index >= 15 is 0 Å². The van der Waals surface area contributed by atoms with Crippen molar-refractivity contribution in [3.05, 3.63) is 50.6 Å². The molecule has 1 heterocycles. The number of carbonyl (C=O) groups is 1. The van der Waals surface area contributed by atoms with Gasteiger partial charge in [0.25, 0.3) is 0 Å². The van der Waals surface area contributed by atoms with Crippen LogP contribution in [-0.4, -0.2) is 34.4 Å². The molecule has 0 amide bonds. The fraction of sp³-hybridized carbons (Fsp3) is 0.350. The van der Waals surface area contributed by atoms with Gasteiger partial charge in [-0.1, -0.05) is 6.07 Å². The molecule has 1 atom stereocenters. The molecule has 2 aromatic carbocycles. The third-order valence-electron chi connectivity index (χ3n) is 4.75. The number of aliphatic carboxylic acids is 1.